The molecule has 1 aliphatic heterocycles. The minimum absolute atomic E-state index is 0.0383. The van der Waals surface area contributed by atoms with Gasteiger partial charge in [-0.2, -0.15) is 0 Å². The number of rotatable bonds is 1. The Kier molecular flexibility index (Phi) is 4.04. The number of carbonyl (C=O) groups is 1. The van der Waals surface area contributed by atoms with Gasteiger partial charge in [-0.25, -0.2) is 4.79 Å². The predicted molar refractivity (Wildman–Crippen MR) is 79.7 cm³/mol. The molecule has 2 rings (SSSR count). The maximum absolute atomic E-state index is 12.1. The van der Waals surface area contributed by atoms with Crippen molar-refractivity contribution in [1.29, 1.82) is 0 Å². The van der Waals surface area contributed by atoms with Crippen molar-refractivity contribution in [3.8, 4) is 0 Å². The van der Waals surface area contributed by atoms with Crippen LogP contribution in [0.25, 0.3) is 0 Å². The molecule has 4 nitrogen and oxygen atoms in total. The zero-order chi connectivity index (χ0) is 14.9. The van der Waals surface area contributed by atoms with Gasteiger partial charge in [0.25, 0.3) is 0 Å². The van der Waals surface area contributed by atoms with Crippen molar-refractivity contribution in [3.05, 3.63) is 35.4 Å². The molecule has 1 aliphatic rings. The van der Waals surface area contributed by atoms with E-state index in [9.17, 15) is 4.79 Å². The van der Waals surface area contributed by atoms with Crippen molar-refractivity contribution in [3.63, 3.8) is 0 Å². The van der Waals surface area contributed by atoms with Crippen LogP contribution in [0.3, 0.4) is 0 Å². The Labute approximate surface area is 120 Å². The van der Waals surface area contributed by atoms with Crippen LogP contribution in [0.2, 0.25) is 0 Å². The summed E-state index contributed by atoms with van der Waals surface area (Å²) in [5.74, 6) is 0.184. The van der Waals surface area contributed by atoms with Gasteiger partial charge in [0.2, 0.25) is 0 Å². The second-order valence-electron chi connectivity index (χ2n) is 6.51. The molecule has 110 valence electrons. The number of ether oxygens (including phenoxy) is 1. The van der Waals surface area contributed by atoms with Gasteiger partial charge in [0.15, 0.2) is 0 Å². The van der Waals surface area contributed by atoms with Crippen molar-refractivity contribution in [1.82, 2.24) is 4.90 Å². The lowest BCUT2D eigenvalue weighted by Gasteiger charge is -2.24. The van der Waals surface area contributed by atoms with E-state index in [0.29, 0.717) is 13.1 Å². The van der Waals surface area contributed by atoms with Crippen LogP contribution in [-0.2, 0) is 4.74 Å². The summed E-state index contributed by atoms with van der Waals surface area (Å²) < 4.78 is 5.42. The fraction of sp³-hybridized carbons (Fsp3) is 0.562. The first kappa shape index (κ1) is 14.9. The fourth-order valence-electron chi connectivity index (χ4n) is 2.64. The van der Waals surface area contributed by atoms with E-state index in [4.69, 9.17) is 10.5 Å². The lowest BCUT2D eigenvalue weighted by Crippen LogP contribution is -2.36. The molecule has 20 heavy (non-hydrogen) atoms. The molecule has 2 N–H and O–H groups in total. The third-order valence-corrected chi connectivity index (χ3v) is 3.60. The van der Waals surface area contributed by atoms with E-state index in [2.05, 4.69) is 19.1 Å². The van der Waals surface area contributed by atoms with Gasteiger partial charge in [-0.15, -0.1) is 0 Å². The van der Waals surface area contributed by atoms with Crippen LogP contribution in [0, 0.1) is 6.92 Å². The topological polar surface area (TPSA) is 55.6 Å². The van der Waals surface area contributed by atoms with E-state index in [1.54, 1.807) is 4.90 Å². The maximum Gasteiger partial charge on any atom is 0.410 e. The Morgan fingerprint density at radius 1 is 1.30 bits per heavy atom. The van der Waals surface area contributed by atoms with Crippen molar-refractivity contribution in [2.24, 2.45) is 5.73 Å². The lowest BCUT2D eigenvalue weighted by molar-refractivity contribution is 0.0290. The van der Waals surface area contributed by atoms with Gasteiger partial charge >= 0.3 is 6.09 Å². The molecule has 0 spiro atoms. The summed E-state index contributed by atoms with van der Waals surface area (Å²) in [5.41, 5.74) is 8.20. The highest BCUT2D eigenvalue weighted by molar-refractivity contribution is 5.69. The number of benzene rings is 1. The average molecular weight is 276 g/mol. The van der Waals surface area contributed by atoms with Crippen LogP contribution in [0.1, 0.15) is 37.8 Å². The number of hydrogen-bond donors (Lipinski definition) is 1. The van der Waals surface area contributed by atoms with Gasteiger partial charge in [-0.1, -0.05) is 24.3 Å². The average Bonchev–Trinajstić information content (AvgIpc) is 2.70. The number of hydrogen-bond acceptors (Lipinski definition) is 3. The normalized spacial score (nSPS) is 22.9. The van der Waals surface area contributed by atoms with E-state index in [1.165, 1.54) is 11.1 Å². The molecule has 1 amide bonds. The third-order valence-electron chi connectivity index (χ3n) is 3.60. The largest absolute Gasteiger partial charge is 0.444 e. The predicted octanol–water partition coefficient (Wildman–Crippen LogP) is 2.66. The molecule has 1 saturated heterocycles. The summed E-state index contributed by atoms with van der Waals surface area (Å²) in [5, 5.41) is 0. The van der Waals surface area contributed by atoms with E-state index >= 15 is 0 Å². The molecule has 4 heteroatoms. The summed E-state index contributed by atoms with van der Waals surface area (Å²) in [4.78, 5) is 13.8. The first-order chi connectivity index (χ1) is 9.28. The summed E-state index contributed by atoms with van der Waals surface area (Å²) >= 11 is 0. The molecular formula is C16H24N2O2. The molecule has 0 saturated carbocycles. The van der Waals surface area contributed by atoms with Crippen molar-refractivity contribution in [2.75, 3.05) is 13.1 Å². The SMILES string of the molecule is Cc1ccccc1C1CN(C(=O)OC(C)(C)C)CC1N. The number of nitrogens with zero attached hydrogens (tertiary/aromatic N) is 1. The highest BCUT2D eigenvalue weighted by Crippen LogP contribution is 2.29. The van der Waals surface area contributed by atoms with Crippen LogP contribution >= 0.6 is 0 Å². The molecule has 2 unspecified atom stereocenters. The molecule has 1 fully saturated rings. The van der Waals surface area contributed by atoms with E-state index in [-0.39, 0.29) is 18.1 Å². The van der Waals surface area contributed by atoms with E-state index in [1.807, 2.05) is 32.9 Å². The minimum Gasteiger partial charge on any atom is -0.444 e. The van der Waals surface area contributed by atoms with Gasteiger partial charge in [0, 0.05) is 25.0 Å². The molecule has 0 bridgehead atoms. The zero-order valence-electron chi connectivity index (χ0n) is 12.7. The standard InChI is InChI=1S/C16H24N2O2/c1-11-7-5-6-8-12(11)13-9-18(10-14(13)17)15(19)20-16(2,3)4/h5-8,13-14H,9-10,17H2,1-4H3. The molecule has 1 aromatic carbocycles. The number of amides is 1. The second kappa shape index (κ2) is 5.44. The molecule has 0 aromatic heterocycles. The van der Waals surface area contributed by atoms with Crippen LogP contribution in [0.4, 0.5) is 4.79 Å². The summed E-state index contributed by atoms with van der Waals surface area (Å²) in [6, 6.07) is 8.18. The van der Waals surface area contributed by atoms with Gasteiger partial charge in [-0.3, -0.25) is 0 Å². The Morgan fingerprint density at radius 3 is 2.55 bits per heavy atom. The minimum atomic E-state index is -0.470. The summed E-state index contributed by atoms with van der Waals surface area (Å²) in [6.45, 7) is 8.88. The number of carbonyl (C=O) groups excluding carboxylic acids is 1. The first-order valence-electron chi connectivity index (χ1n) is 7.07. The molecule has 1 heterocycles. The summed E-state index contributed by atoms with van der Waals surface area (Å²) in [6.07, 6.45) is -0.274. The highest BCUT2D eigenvalue weighted by atomic mass is 16.6. The number of nitrogens with two attached hydrogens (primary N) is 1. The van der Waals surface area contributed by atoms with Crippen LogP contribution < -0.4 is 5.73 Å². The maximum atomic E-state index is 12.1. The monoisotopic (exact) mass is 276 g/mol. The molecule has 0 aliphatic carbocycles. The van der Waals surface area contributed by atoms with Gasteiger partial charge in [-0.05, 0) is 38.8 Å². The molecular weight excluding hydrogens is 252 g/mol. The van der Waals surface area contributed by atoms with Crippen molar-refractivity contribution in [2.45, 2.75) is 45.3 Å². The van der Waals surface area contributed by atoms with Crippen molar-refractivity contribution < 1.29 is 9.53 Å². The lowest BCUT2D eigenvalue weighted by atomic mass is 9.91. The first-order valence-corrected chi connectivity index (χ1v) is 7.07. The Morgan fingerprint density at radius 2 is 1.95 bits per heavy atom. The number of likely N-dealkylation sites (tertiary alicyclic amines) is 1. The Bertz CT molecular complexity index is 493. The summed E-state index contributed by atoms with van der Waals surface area (Å²) in [7, 11) is 0. The Balaban J connectivity index is 2.10. The fourth-order valence-corrected chi connectivity index (χ4v) is 2.64. The third kappa shape index (κ3) is 3.31. The van der Waals surface area contributed by atoms with Gasteiger partial charge in [0.05, 0.1) is 0 Å². The smallest absolute Gasteiger partial charge is 0.410 e. The Hall–Kier alpha value is -1.55. The van der Waals surface area contributed by atoms with Gasteiger partial charge in [0.1, 0.15) is 5.60 Å². The van der Waals surface area contributed by atoms with Crippen LogP contribution in [-0.4, -0.2) is 35.7 Å². The quantitative estimate of drug-likeness (QED) is 0.858. The van der Waals surface area contributed by atoms with Crippen LogP contribution in [0.15, 0.2) is 24.3 Å². The van der Waals surface area contributed by atoms with E-state index < -0.39 is 5.60 Å². The highest BCUT2D eigenvalue weighted by Gasteiger charge is 2.36. The molecule has 2 atom stereocenters. The van der Waals surface area contributed by atoms with E-state index in [0.717, 1.165) is 0 Å². The zero-order valence-corrected chi connectivity index (χ0v) is 12.7. The number of aryl methyl sites for hydroxylation is 1. The van der Waals surface area contributed by atoms with Crippen molar-refractivity contribution >= 4 is 6.09 Å². The molecule has 1 aromatic rings. The van der Waals surface area contributed by atoms with Crippen LogP contribution in [0.5, 0.6) is 0 Å². The second-order valence-corrected chi connectivity index (χ2v) is 6.51. The van der Waals surface area contributed by atoms with Gasteiger partial charge < -0.3 is 15.4 Å². The molecule has 0 radical (unpaired) electrons.